The van der Waals surface area contributed by atoms with Gasteiger partial charge >= 0.3 is 5.97 Å². The number of ether oxygens (including phenoxy) is 2. The van der Waals surface area contributed by atoms with Crippen LogP contribution in [0.5, 0.6) is 5.75 Å². The summed E-state index contributed by atoms with van der Waals surface area (Å²) >= 11 is 7.13. The minimum atomic E-state index is -0.893. The van der Waals surface area contributed by atoms with E-state index in [1.54, 1.807) is 32.0 Å². The van der Waals surface area contributed by atoms with Crippen molar-refractivity contribution in [2.24, 2.45) is 0 Å². The maximum absolute atomic E-state index is 13.3. The number of carbonyl (C=O) groups is 2. The number of nitrogens with zero attached hydrogens (tertiary/aromatic N) is 2. The molecule has 1 atom stereocenters. The number of methoxy groups -OCH3 is 1. The number of nitrogens with one attached hydrogen (secondary N) is 1. The average molecular weight is 512 g/mol. The van der Waals surface area contributed by atoms with Crippen LogP contribution in [-0.2, 0) is 16.1 Å². The standard InChI is InChI=1S/C25H22ClN3O5S/c1-14-20-23(35-21(14)25(32)34-12-16-7-5-4-6-8-16)27-13-29(24(20)31)15(2)22(30)28-18-11-17(26)9-10-19(18)33-3/h4-11,13,15H,12H2,1-3H3,(H,28,30). The number of aromatic nitrogens is 2. The predicted molar refractivity (Wildman–Crippen MR) is 136 cm³/mol. The monoisotopic (exact) mass is 511 g/mol. The number of thiophene rings is 1. The second-order valence-electron chi connectivity index (χ2n) is 7.76. The number of esters is 1. The zero-order chi connectivity index (χ0) is 25.1. The number of rotatable bonds is 7. The summed E-state index contributed by atoms with van der Waals surface area (Å²) < 4.78 is 11.9. The van der Waals surface area contributed by atoms with E-state index in [1.807, 2.05) is 30.3 Å². The molecular formula is C25H22ClN3O5S. The van der Waals surface area contributed by atoms with E-state index >= 15 is 0 Å². The number of aryl methyl sites for hydroxylation is 1. The molecule has 4 rings (SSSR count). The second kappa shape index (κ2) is 10.3. The minimum Gasteiger partial charge on any atom is -0.495 e. The highest BCUT2D eigenvalue weighted by molar-refractivity contribution is 7.20. The maximum Gasteiger partial charge on any atom is 0.349 e. The van der Waals surface area contributed by atoms with E-state index < -0.39 is 23.5 Å². The Hall–Kier alpha value is -3.69. The number of carbonyl (C=O) groups excluding carboxylic acids is 2. The SMILES string of the molecule is COc1ccc(Cl)cc1NC(=O)C(C)n1cnc2sc(C(=O)OCc3ccccc3)c(C)c2c1=O. The lowest BCUT2D eigenvalue weighted by atomic mass is 10.2. The van der Waals surface area contributed by atoms with Crippen molar-refractivity contribution in [2.75, 3.05) is 12.4 Å². The summed E-state index contributed by atoms with van der Waals surface area (Å²) in [6.07, 6.45) is 1.30. The molecule has 0 spiro atoms. The highest BCUT2D eigenvalue weighted by Crippen LogP contribution is 2.30. The Morgan fingerprint density at radius 2 is 1.94 bits per heavy atom. The predicted octanol–water partition coefficient (Wildman–Crippen LogP) is 4.99. The molecule has 0 saturated carbocycles. The fourth-order valence-corrected chi connectivity index (χ4v) is 4.74. The summed E-state index contributed by atoms with van der Waals surface area (Å²) in [6, 6.07) is 13.3. The molecule has 2 aromatic heterocycles. The summed E-state index contributed by atoms with van der Waals surface area (Å²) in [7, 11) is 1.48. The molecule has 10 heteroatoms. The fourth-order valence-electron chi connectivity index (χ4n) is 3.54. The van der Waals surface area contributed by atoms with E-state index in [-0.39, 0.29) is 12.0 Å². The molecule has 1 amide bonds. The van der Waals surface area contributed by atoms with Crippen molar-refractivity contribution in [3.63, 3.8) is 0 Å². The summed E-state index contributed by atoms with van der Waals surface area (Å²) in [5.41, 5.74) is 1.29. The summed E-state index contributed by atoms with van der Waals surface area (Å²) in [4.78, 5) is 44.0. The molecule has 2 heterocycles. The van der Waals surface area contributed by atoms with Crippen molar-refractivity contribution in [1.82, 2.24) is 9.55 Å². The second-order valence-corrected chi connectivity index (χ2v) is 9.20. The number of fused-ring (bicyclic) bond motifs is 1. The highest BCUT2D eigenvalue weighted by atomic mass is 35.5. The topological polar surface area (TPSA) is 99.5 Å². The smallest absolute Gasteiger partial charge is 0.349 e. The normalized spacial score (nSPS) is 11.8. The van der Waals surface area contributed by atoms with Gasteiger partial charge in [-0.3, -0.25) is 14.2 Å². The van der Waals surface area contributed by atoms with Crippen LogP contribution in [0.25, 0.3) is 10.2 Å². The van der Waals surface area contributed by atoms with Gasteiger partial charge in [0.25, 0.3) is 5.56 Å². The zero-order valence-corrected chi connectivity index (χ0v) is 20.8. The number of anilines is 1. The third kappa shape index (κ3) is 5.06. The van der Waals surface area contributed by atoms with Crippen LogP contribution in [0, 0.1) is 6.92 Å². The van der Waals surface area contributed by atoms with E-state index in [2.05, 4.69) is 10.3 Å². The Balaban J connectivity index is 1.59. The third-order valence-electron chi connectivity index (χ3n) is 5.49. The van der Waals surface area contributed by atoms with Crippen molar-refractivity contribution in [1.29, 1.82) is 0 Å². The van der Waals surface area contributed by atoms with Crippen LogP contribution in [0.1, 0.15) is 33.8 Å². The van der Waals surface area contributed by atoms with E-state index in [1.165, 1.54) is 18.0 Å². The first-order valence-corrected chi connectivity index (χ1v) is 11.8. The molecule has 8 nitrogen and oxygen atoms in total. The van der Waals surface area contributed by atoms with Crippen LogP contribution in [0.15, 0.2) is 59.7 Å². The molecule has 4 aromatic rings. The van der Waals surface area contributed by atoms with E-state index in [9.17, 15) is 14.4 Å². The van der Waals surface area contributed by atoms with Gasteiger partial charge in [0.2, 0.25) is 5.91 Å². The first-order chi connectivity index (χ1) is 16.8. The summed E-state index contributed by atoms with van der Waals surface area (Å²) in [5, 5.41) is 3.45. The lowest BCUT2D eigenvalue weighted by Gasteiger charge is -2.16. The van der Waals surface area contributed by atoms with Gasteiger partial charge in [-0.1, -0.05) is 41.9 Å². The zero-order valence-electron chi connectivity index (χ0n) is 19.2. The van der Waals surface area contributed by atoms with Crippen molar-refractivity contribution in [3.05, 3.63) is 86.2 Å². The summed E-state index contributed by atoms with van der Waals surface area (Å²) in [5.74, 6) is -0.549. The molecule has 35 heavy (non-hydrogen) atoms. The molecular weight excluding hydrogens is 490 g/mol. The lowest BCUT2D eigenvalue weighted by molar-refractivity contribution is -0.118. The molecule has 180 valence electrons. The Labute approximate surface area is 210 Å². The third-order valence-corrected chi connectivity index (χ3v) is 6.91. The molecule has 0 fully saturated rings. The molecule has 0 aliphatic heterocycles. The van der Waals surface area contributed by atoms with Crippen LogP contribution < -0.4 is 15.6 Å². The molecule has 0 radical (unpaired) electrons. The fraction of sp³-hybridized carbons (Fsp3) is 0.200. The molecule has 0 bridgehead atoms. The molecule has 0 aliphatic carbocycles. The van der Waals surface area contributed by atoms with Gasteiger partial charge < -0.3 is 14.8 Å². The maximum atomic E-state index is 13.3. The van der Waals surface area contributed by atoms with Crippen LogP contribution >= 0.6 is 22.9 Å². The number of halogens is 1. The molecule has 1 unspecified atom stereocenters. The molecule has 2 aromatic carbocycles. The van der Waals surface area contributed by atoms with Gasteiger partial charge in [-0.15, -0.1) is 11.3 Å². The minimum absolute atomic E-state index is 0.120. The highest BCUT2D eigenvalue weighted by Gasteiger charge is 2.24. The summed E-state index contributed by atoms with van der Waals surface area (Å²) in [6.45, 7) is 3.38. The first-order valence-electron chi connectivity index (χ1n) is 10.7. The Morgan fingerprint density at radius 3 is 2.66 bits per heavy atom. The Kier molecular flexibility index (Phi) is 7.18. The molecule has 1 N–H and O–H groups in total. The van der Waals surface area contributed by atoms with Gasteiger partial charge in [-0.25, -0.2) is 9.78 Å². The van der Waals surface area contributed by atoms with Gasteiger partial charge in [0.1, 0.15) is 28.1 Å². The quantitative estimate of drug-likeness (QED) is 0.351. The number of hydrogen-bond donors (Lipinski definition) is 1. The Bertz CT molecular complexity index is 1470. The molecule has 0 aliphatic rings. The van der Waals surface area contributed by atoms with Gasteiger partial charge in [0.05, 0.1) is 24.5 Å². The van der Waals surface area contributed by atoms with Gasteiger partial charge in [-0.2, -0.15) is 0 Å². The van der Waals surface area contributed by atoms with Crippen molar-refractivity contribution in [2.45, 2.75) is 26.5 Å². The number of amides is 1. The van der Waals surface area contributed by atoms with Crippen LogP contribution in [0.2, 0.25) is 5.02 Å². The first kappa shape index (κ1) is 24.4. The van der Waals surface area contributed by atoms with E-state index in [4.69, 9.17) is 21.1 Å². The largest absolute Gasteiger partial charge is 0.495 e. The van der Waals surface area contributed by atoms with Crippen molar-refractivity contribution in [3.8, 4) is 5.75 Å². The van der Waals surface area contributed by atoms with Gasteiger partial charge in [0.15, 0.2) is 0 Å². The van der Waals surface area contributed by atoms with Crippen molar-refractivity contribution < 1.29 is 19.1 Å². The van der Waals surface area contributed by atoms with Gasteiger partial charge in [0, 0.05) is 5.02 Å². The molecule has 0 saturated heterocycles. The van der Waals surface area contributed by atoms with Crippen molar-refractivity contribution >= 4 is 50.7 Å². The average Bonchev–Trinajstić information content (AvgIpc) is 3.20. The Morgan fingerprint density at radius 1 is 1.20 bits per heavy atom. The van der Waals surface area contributed by atoms with Crippen LogP contribution in [0.3, 0.4) is 0 Å². The van der Waals surface area contributed by atoms with Crippen LogP contribution in [-0.4, -0.2) is 28.5 Å². The van der Waals surface area contributed by atoms with E-state index in [0.29, 0.717) is 31.7 Å². The van der Waals surface area contributed by atoms with E-state index in [0.717, 1.165) is 16.9 Å². The van der Waals surface area contributed by atoms with Crippen LogP contribution in [0.4, 0.5) is 5.69 Å². The lowest BCUT2D eigenvalue weighted by Crippen LogP contribution is -2.31. The number of hydrogen-bond acceptors (Lipinski definition) is 7. The number of benzene rings is 2. The van der Waals surface area contributed by atoms with Gasteiger partial charge in [-0.05, 0) is 43.2 Å².